The quantitative estimate of drug-likeness (QED) is 0.454. The first-order valence-electron chi connectivity index (χ1n) is 9.53. The molecule has 150 valence electrons. The van der Waals surface area contributed by atoms with Gasteiger partial charge in [0.2, 0.25) is 0 Å². The molecule has 2 fully saturated rings. The van der Waals surface area contributed by atoms with Crippen molar-refractivity contribution >= 4 is 56.5 Å². The van der Waals surface area contributed by atoms with Crippen LogP contribution in [0.5, 0.6) is 0 Å². The third kappa shape index (κ3) is 5.43. The molecule has 2 aromatic carbocycles. The van der Waals surface area contributed by atoms with Gasteiger partial charge in [0.05, 0.1) is 0 Å². The second kappa shape index (κ2) is 9.83. The van der Waals surface area contributed by atoms with E-state index in [0.717, 1.165) is 62.4 Å². The van der Waals surface area contributed by atoms with E-state index in [4.69, 9.17) is 23.2 Å². The minimum absolute atomic E-state index is 0.797. The zero-order valence-electron chi connectivity index (χ0n) is 15.6. The van der Waals surface area contributed by atoms with Gasteiger partial charge in [0.1, 0.15) is 0 Å². The fraction of sp³-hybridized carbons (Fsp3) is 0.400. The van der Waals surface area contributed by atoms with Gasteiger partial charge < -0.3 is 9.80 Å². The van der Waals surface area contributed by atoms with Crippen molar-refractivity contribution in [3.8, 4) is 0 Å². The second-order valence-corrected chi connectivity index (χ2v) is 10.0. The molecule has 0 aliphatic carbocycles. The maximum Gasteiger partial charge on any atom is 0.0407 e. The van der Waals surface area contributed by atoms with Crippen molar-refractivity contribution in [1.82, 2.24) is 8.61 Å². The van der Waals surface area contributed by atoms with Gasteiger partial charge >= 0.3 is 0 Å². The van der Waals surface area contributed by atoms with Gasteiger partial charge in [0, 0.05) is 95.7 Å². The number of benzene rings is 2. The Morgan fingerprint density at radius 2 is 0.821 bits per heavy atom. The van der Waals surface area contributed by atoms with Crippen molar-refractivity contribution in [3.05, 3.63) is 58.6 Å². The molecule has 2 heterocycles. The van der Waals surface area contributed by atoms with Crippen LogP contribution in [-0.4, -0.2) is 61.0 Å². The van der Waals surface area contributed by atoms with Crippen LogP contribution in [0.1, 0.15) is 0 Å². The molecule has 0 atom stereocenters. The monoisotopic (exact) mass is 454 g/mol. The summed E-state index contributed by atoms with van der Waals surface area (Å²) in [5.74, 6) is 0. The highest BCUT2D eigenvalue weighted by Gasteiger charge is 2.22. The predicted octanol–water partition coefficient (Wildman–Crippen LogP) is 5.15. The highest BCUT2D eigenvalue weighted by molar-refractivity contribution is 8.74. The first-order chi connectivity index (χ1) is 13.7. The van der Waals surface area contributed by atoms with Gasteiger partial charge in [0.25, 0.3) is 0 Å². The molecule has 8 heteroatoms. The lowest BCUT2D eigenvalue weighted by atomic mass is 10.2. The predicted molar refractivity (Wildman–Crippen MR) is 126 cm³/mol. The topological polar surface area (TPSA) is 13.0 Å². The summed E-state index contributed by atoms with van der Waals surface area (Å²) in [6.07, 6.45) is 0. The maximum atomic E-state index is 5.99. The van der Waals surface area contributed by atoms with E-state index in [-0.39, 0.29) is 0 Å². The van der Waals surface area contributed by atoms with Gasteiger partial charge in [-0.25, -0.2) is 8.61 Å². The summed E-state index contributed by atoms with van der Waals surface area (Å²) in [6.45, 7) is 8.52. The third-order valence-corrected chi connectivity index (χ3v) is 8.29. The van der Waals surface area contributed by atoms with Crippen molar-refractivity contribution < 1.29 is 0 Å². The standard InChI is InChI=1S/C20H24Cl2N4S2/c21-17-1-5-19(6-2-17)23-9-13-25(14-10-23)27-28-26-15-11-24(12-16-26)20-7-3-18(22)4-8-20/h1-8H,9-16H2. The number of rotatable bonds is 5. The minimum atomic E-state index is 0.797. The summed E-state index contributed by atoms with van der Waals surface area (Å²) in [5.41, 5.74) is 2.53. The molecular weight excluding hydrogens is 431 g/mol. The average molecular weight is 455 g/mol. The Kier molecular flexibility index (Phi) is 7.20. The van der Waals surface area contributed by atoms with Crippen molar-refractivity contribution in [2.45, 2.75) is 0 Å². The van der Waals surface area contributed by atoms with Crippen LogP contribution >= 0.6 is 45.2 Å². The van der Waals surface area contributed by atoms with Crippen LogP contribution in [0, 0.1) is 0 Å². The molecule has 0 unspecified atom stereocenters. The highest BCUT2D eigenvalue weighted by atomic mass is 35.5. The van der Waals surface area contributed by atoms with Crippen LogP contribution in [0.3, 0.4) is 0 Å². The molecule has 0 N–H and O–H groups in total. The van der Waals surface area contributed by atoms with E-state index in [1.807, 2.05) is 46.2 Å². The van der Waals surface area contributed by atoms with Gasteiger partial charge in [-0.1, -0.05) is 23.2 Å². The van der Waals surface area contributed by atoms with Crippen molar-refractivity contribution in [2.75, 3.05) is 62.2 Å². The number of piperazine rings is 2. The van der Waals surface area contributed by atoms with Crippen molar-refractivity contribution in [1.29, 1.82) is 0 Å². The number of nitrogens with zero attached hydrogens (tertiary/aromatic N) is 4. The fourth-order valence-electron chi connectivity index (χ4n) is 3.44. The van der Waals surface area contributed by atoms with E-state index in [1.54, 1.807) is 0 Å². The summed E-state index contributed by atoms with van der Waals surface area (Å²) in [6, 6.07) is 16.3. The Morgan fingerprint density at radius 1 is 0.500 bits per heavy atom. The summed E-state index contributed by atoms with van der Waals surface area (Å²) in [7, 11) is 3.79. The van der Waals surface area contributed by atoms with E-state index < -0.39 is 0 Å². The van der Waals surface area contributed by atoms with Crippen LogP contribution in [0.2, 0.25) is 10.0 Å². The Hall–Kier alpha value is -0.760. The van der Waals surface area contributed by atoms with Crippen molar-refractivity contribution in [3.63, 3.8) is 0 Å². The molecule has 4 rings (SSSR count). The van der Waals surface area contributed by atoms with Crippen LogP contribution < -0.4 is 9.80 Å². The van der Waals surface area contributed by atoms with Gasteiger partial charge in [0.15, 0.2) is 0 Å². The van der Waals surface area contributed by atoms with E-state index in [9.17, 15) is 0 Å². The van der Waals surface area contributed by atoms with E-state index in [2.05, 4.69) is 42.7 Å². The maximum absolute atomic E-state index is 5.99. The number of hydrogen-bond donors (Lipinski definition) is 0. The van der Waals surface area contributed by atoms with Crippen LogP contribution in [0.4, 0.5) is 11.4 Å². The molecule has 2 saturated heterocycles. The fourth-order valence-corrected chi connectivity index (χ4v) is 5.97. The van der Waals surface area contributed by atoms with Crippen molar-refractivity contribution in [2.24, 2.45) is 0 Å². The summed E-state index contributed by atoms with van der Waals surface area (Å²) >= 11 is 12.0. The lowest BCUT2D eigenvalue weighted by molar-refractivity contribution is 0.425. The van der Waals surface area contributed by atoms with Gasteiger partial charge in [-0.05, 0) is 48.5 Å². The molecule has 0 aromatic heterocycles. The molecule has 0 amide bonds. The lowest BCUT2D eigenvalue weighted by Gasteiger charge is -2.38. The average Bonchev–Trinajstić information content (AvgIpc) is 2.74. The zero-order chi connectivity index (χ0) is 19.3. The van der Waals surface area contributed by atoms with Crippen LogP contribution in [0.15, 0.2) is 48.5 Å². The lowest BCUT2D eigenvalue weighted by Crippen LogP contribution is -2.45. The molecule has 0 spiro atoms. The summed E-state index contributed by atoms with van der Waals surface area (Å²) in [5, 5.41) is 1.59. The van der Waals surface area contributed by atoms with Gasteiger partial charge in [-0.2, -0.15) is 0 Å². The van der Waals surface area contributed by atoms with Gasteiger partial charge in [-0.3, -0.25) is 0 Å². The smallest absolute Gasteiger partial charge is 0.0407 e. The van der Waals surface area contributed by atoms with Gasteiger partial charge in [-0.15, -0.1) is 0 Å². The van der Waals surface area contributed by atoms with E-state index in [0.29, 0.717) is 0 Å². The van der Waals surface area contributed by atoms with Crippen LogP contribution in [0.25, 0.3) is 0 Å². The molecule has 0 radical (unpaired) electrons. The Morgan fingerprint density at radius 3 is 1.14 bits per heavy atom. The number of hydrogen-bond acceptors (Lipinski definition) is 6. The molecule has 0 bridgehead atoms. The zero-order valence-corrected chi connectivity index (χ0v) is 18.8. The largest absolute Gasteiger partial charge is 0.369 e. The number of halogens is 2. The molecule has 4 nitrogen and oxygen atoms in total. The molecule has 2 aromatic rings. The first-order valence-corrected chi connectivity index (χ1v) is 12.3. The van der Waals surface area contributed by atoms with E-state index >= 15 is 0 Å². The molecule has 2 aliphatic rings. The Balaban J connectivity index is 1.17. The molecular formula is C20H24Cl2N4S2. The first kappa shape index (κ1) is 20.5. The van der Waals surface area contributed by atoms with Crippen LogP contribution in [-0.2, 0) is 0 Å². The number of anilines is 2. The van der Waals surface area contributed by atoms with E-state index in [1.165, 1.54) is 11.4 Å². The molecule has 0 saturated carbocycles. The second-order valence-electron chi connectivity index (χ2n) is 6.93. The highest BCUT2D eigenvalue weighted by Crippen LogP contribution is 2.32. The SMILES string of the molecule is Clc1ccc(N2CCN(SSN3CCN(c4ccc(Cl)cc4)CC3)CC2)cc1. The normalized spacial score (nSPS) is 19.2. The Bertz CT molecular complexity index is 678. The summed E-state index contributed by atoms with van der Waals surface area (Å²) < 4.78 is 4.95. The molecule has 2 aliphatic heterocycles. The molecule has 28 heavy (non-hydrogen) atoms. The summed E-state index contributed by atoms with van der Waals surface area (Å²) in [4.78, 5) is 4.87. The Labute approximate surface area is 185 Å². The minimum Gasteiger partial charge on any atom is -0.369 e. The third-order valence-electron chi connectivity index (χ3n) is 5.10.